The third-order valence-electron chi connectivity index (χ3n) is 4.37. The van der Waals surface area contributed by atoms with E-state index < -0.39 is 0 Å². The number of carbonyl (C=O) groups is 1. The summed E-state index contributed by atoms with van der Waals surface area (Å²) in [5.74, 6) is 1.29. The zero-order valence-electron chi connectivity index (χ0n) is 12.5. The van der Waals surface area contributed by atoms with Gasteiger partial charge in [0.25, 0.3) is 0 Å². The Morgan fingerprint density at radius 1 is 1.28 bits per heavy atom. The summed E-state index contributed by atoms with van der Waals surface area (Å²) in [6.07, 6.45) is 4.48. The zero-order chi connectivity index (χ0) is 13.5. The van der Waals surface area contributed by atoms with Crippen LogP contribution in [0.2, 0.25) is 0 Å². The Kier molecular flexibility index (Phi) is 6.69. The van der Waals surface area contributed by atoms with Crippen LogP contribution in [0.5, 0.6) is 0 Å². The van der Waals surface area contributed by atoms with Gasteiger partial charge in [-0.05, 0) is 51.6 Å². The summed E-state index contributed by atoms with van der Waals surface area (Å²) in [6.45, 7) is 11.9. The van der Waals surface area contributed by atoms with Crippen molar-refractivity contribution in [3.05, 3.63) is 0 Å². The molecule has 0 aromatic rings. The first-order valence-electron chi connectivity index (χ1n) is 7.60. The van der Waals surface area contributed by atoms with Crippen LogP contribution < -0.4 is 5.32 Å². The minimum absolute atomic E-state index is 0.193. The standard InChI is InChI=1S/C15H30N2O/c1-5-14(6-2)15(18)16-11-13(4)17-9-7-12(3)8-10-17/h12-14H,5-11H2,1-4H3,(H,16,18). The SMILES string of the molecule is CCC(CC)C(=O)NCC(C)N1CCC(C)CC1. The lowest BCUT2D eigenvalue weighted by Gasteiger charge is -2.35. The summed E-state index contributed by atoms with van der Waals surface area (Å²) in [4.78, 5) is 14.4. The Morgan fingerprint density at radius 2 is 1.83 bits per heavy atom. The summed E-state index contributed by atoms with van der Waals surface area (Å²) < 4.78 is 0. The minimum Gasteiger partial charge on any atom is -0.354 e. The summed E-state index contributed by atoms with van der Waals surface area (Å²) in [5, 5.41) is 3.11. The molecule has 0 radical (unpaired) electrons. The highest BCUT2D eigenvalue weighted by atomic mass is 16.1. The molecule has 1 saturated heterocycles. The molecule has 3 nitrogen and oxygen atoms in total. The van der Waals surface area contributed by atoms with Gasteiger partial charge in [-0.1, -0.05) is 20.8 Å². The van der Waals surface area contributed by atoms with E-state index in [2.05, 4.69) is 37.9 Å². The molecule has 0 aliphatic carbocycles. The van der Waals surface area contributed by atoms with Crippen molar-refractivity contribution in [2.24, 2.45) is 11.8 Å². The second-order valence-corrected chi connectivity index (χ2v) is 5.83. The van der Waals surface area contributed by atoms with Crippen LogP contribution in [0.25, 0.3) is 0 Å². The van der Waals surface area contributed by atoms with Gasteiger partial charge in [-0.2, -0.15) is 0 Å². The Bertz CT molecular complexity index is 243. The van der Waals surface area contributed by atoms with Crippen LogP contribution in [0.15, 0.2) is 0 Å². The Labute approximate surface area is 112 Å². The quantitative estimate of drug-likeness (QED) is 0.790. The van der Waals surface area contributed by atoms with Crippen molar-refractivity contribution < 1.29 is 4.79 Å². The third-order valence-corrected chi connectivity index (χ3v) is 4.37. The highest BCUT2D eigenvalue weighted by molar-refractivity contribution is 5.78. The van der Waals surface area contributed by atoms with E-state index in [-0.39, 0.29) is 11.8 Å². The molecule has 3 heteroatoms. The maximum atomic E-state index is 11.9. The fourth-order valence-corrected chi connectivity index (χ4v) is 2.65. The summed E-state index contributed by atoms with van der Waals surface area (Å²) in [5.41, 5.74) is 0. The molecule has 106 valence electrons. The number of piperidine rings is 1. The number of hydrogen-bond acceptors (Lipinski definition) is 2. The Morgan fingerprint density at radius 3 is 2.33 bits per heavy atom. The smallest absolute Gasteiger partial charge is 0.223 e. The van der Waals surface area contributed by atoms with Crippen LogP contribution in [0.3, 0.4) is 0 Å². The van der Waals surface area contributed by atoms with Gasteiger partial charge in [-0.3, -0.25) is 9.69 Å². The molecule has 1 rings (SSSR count). The lowest BCUT2D eigenvalue weighted by molar-refractivity contribution is -0.125. The van der Waals surface area contributed by atoms with E-state index in [0.717, 1.165) is 25.3 Å². The second-order valence-electron chi connectivity index (χ2n) is 5.83. The van der Waals surface area contributed by atoms with Crippen molar-refractivity contribution in [1.29, 1.82) is 0 Å². The van der Waals surface area contributed by atoms with E-state index in [0.29, 0.717) is 6.04 Å². The van der Waals surface area contributed by atoms with Crippen molar-refractivity contribution in [2.75, 3.05) is 19.6 Å². The topological polar surface area (TPSA) is 32.3 Å². The average molecular weight is 254 g/mol. The average Bonchev–Trinajstić information content (AvgIpc) is 2.38. The van der Waals surface area contributed by atoms with Gasteiger partial charge in [0, 0.05) is 18.5 Å². The van der Waals surface area contributed by atoms with E-state index in [1.165, 1.54) is 25.9 Å². The monoisotopic (exact) mass is 254 g/mol. The largest absolute Gasteiger partial charge is 0.354 e. The van der Waals surface area contributed by atoms with Gasteiger partial charge in [0.1, 0.15) is 0 Å². The van der Waals surface area contributed by atoms with Gasteiger partial charge in [-0.15, -0.1) is 0 Å². The van der Waals surface area contributed by atoms with E-state index in [4.69, 9.17) is 0 Å². The fourth-order valence-electron chi connectivity index (χ4n) is 2.65. The van der Waals surface area contributed by atoms with E-state index in [1.54, 1.807) is 0 Å². The van der Waals surface area contributed by atoms with Crippen molar-refractivity contribution in [3.63, 3.8) is 0 Å². The molecule has 1 unspecified atom stereocenters. The first-order chi connectivity index (χ1) is 8.58. The van der Waals surface area contributed by atoms with Crippen LogP contribution in [0.1, 0.15) is 53.4 Å². The number of rotatable bonds is 6. The van der Waals surface area contributed by atoms with Gasteiger partial charge in [0.15, 0.2) is 0 Å². The molecule has 0 bridgehead atoms. The molecular formula is C15H30N2O. The van der Waals surface area contributed by atoms with Crippen LogP contribution in [0, 0.1) is 11.8 Å². The number of nitrogens with one attached hydrogen (secondary N) is 1. The van der Waals surface area contributed by atoms with Crippen molar-refractivity contribution in [3.8, 4) is 0 Å². The van der Waals surface area contributed by atoms with Crippen LogP contribution in [0.4, 0.5) is 0 Å². The summed E-state index contributed by atoms with van der Waals surface area (Å²) in [7, 11) is 0. The highest BCUT2D eigenvalue weighted by Crippen LogP contribution is 2.17. The number of likely N-dealkylation sites (tertiary alicyclic amines) is 1. The first kappa shape index (κ1) is 15.5. The molecule has 0 saturated carbocycles. The summed E-state index contributed by atoms with van der Waals surface area (Å²) >= 11 is 0. The number of nitrogens with zero attached hydrogens (tertiary/aromatic N) is 1. The van der Waals surface area contributed by atoms with Crippen LogP contribution in [-0.2, 0) is 4.79 Å². The lowest BCUT2D eigenvalue weighted by atomic mass is 9.98. The van der Waals surface area contributed by atoms with Gasteiger partial charge >= 0.3 is 0 Å². The van der Waals surface area contributed by atoms with Crippen LogP contribution >= 0.6 is 0 Å². The van der Waals surface area contributed by atoms with Crippen LogP contribution in [-0.4, -0.2) is 36.5 Å². The molecule has 0 spiro atoms. The second kappa shape index (κ2) is 7.78. The maximum Gasteiger partial charge on any atom is 0.223 e. The molecule has 1 aliphatic rings. The predicted molar refractivity (Wildman–Crippen MR) is 76.5 cm³/mol. The van der Waals surface area contributed by atoms with Crippen molar-refractivity contribution in [1.82, 2.24) is 10.2 Å². The number of amides is 1. The Hall–Kier alpha value is -0.570. The zero-order valence-corrected chi connectivity index (χ0v) is 12.5. The van der Waals surface area contributed by atoms with Gasteiger partial charge < -0.3 is 5.32 Å². The first-order valence-corrected chi connectivity index (χ1v) is 7.60. The molecular weight excluding hydrogens is 224 g/mol. The van der Waals surface area contributed by atoms with Gasteiger partial charge in [-0.25, -0.2) is 0 Å². The number of hydrogen-bond donors (Lipinski definition) is 1. The highest BCUT2D eigenvalue weighted by Gasteiger charge is 2.21. The minimum atomic E-state index is 0.193. The molecule has 1 heterocycles. The van der Waals surface area contributed by atoms with E-state index in [1.807, 2.05) is 0 Å². The van der Waals surface area contributed by atoms with Crippen molar-refractivity contribution in [2.45, 2.75) is 59.4 Å². The molecule has 1 atom stereocenters. The molecule has 1 fully saturated rings. The molecule has 0 aromatic carbocycles. The van der Waals surface area contributed by atoms with Gasteiger partial charge in [0.2, 0.25) is 5.91 Å². The normalized spacial score (nSPS) is 20.1. The maximum absolute atomic E-state index is 11.9. The molecule has 0 aromatic heterocycles. The molecule has 18 heavy (non-hydrogen) atoms. The molecule has 1 amide bonds. The fraction of sp³-hybridized carbons (Fsp3) is 0.933. The number of carbonyl (C=O) groups excluding carboxylic acids is 1. The lowest BCUT2D eigenvalue weighted by Crippen LogP contribution is -2.46. The van der Waals surface area contributed by atoms with E-state index in [9.17, 15) is 4.79 Å². The molecule has 1 aliphatic heterocycles. The molecule has 1 N–H and O–H groups in total. The third kappa shape index (κ3) is 4.60. The van der Waals surface area contributed by atoms with Crippen molar-refractivity contribution >= 4 is 5.91 Å². The van der Waals surface area contributed by atoms with E-state index >= 15 is 0 Å². The summed E-state index contributed by atoms with van der Waals surface area (Å²) in [6, 6.07) is 0.468. The Balaban J connectivity index is 2.28. The van der Waals surface area contributed by atoms with Gasteiger partial charge in [0.05, 0.1) is 0 Å². The predicted octanol–water partition coefficient (Wildman–Crippen LogP) is 2.66.